The van der Waals surface area contributed by atoms with Gasteiger partial charge in [0.05, 0.1) is 24.7 Å². The Morgan fingerprint density at radius 3 is 2.46 bits per heavy atom. The summed E-state index contributed by atoms with van der Waals surface area (Å²) in [6.07, 6.45) is 0.294. The maximum absolute atomic E-state index is 12.9. The molecule has 2 aromatic carbocycles. The van der Waals surface area contributed by atoms with Crippen molar-refractivity contribution in [3.8, 4) is 0 Å². The fourth-order valence-corrected chi connectivity index (χ4v) is 2.29. The highest BCUT2D eigenvalue weighted by atomic mass is 19.1. The van der Waals surface area contributed by atoms with Crippen molar-refractivity contribution < 1.29 is 23.1 Å². The number of aromatic nitrogens is 2. The van der Waals surface area contributed by atoms with Gasteiger partial charge in [-0.15, -0.1) is 5.10 Å². The molecular weight excluding hydrogens is 341 g/mol. The van der Waals surface area contributed by atoms with Gasteiger partial charge in [-0.05, 0) is 29.8 Å². The molecule has 3 rings (SSSR count). The number of rotatable bonds is 5. The van der Waals surface area contributed by atoms with Gasteiger partial charge in [0.25, 0.3) is 5.91 Å². The molecule has 8 heteroatoms. The molecule has 0 aliphatic rings. The van der Waals surface area contributed by atoms with Crippen molar-refractivity contribution in [3.63, 3.8) is 0 Å². The highest BCUT2D eigenvalue weighted by Gasteiger charge is 2.19. The standard InChI is InChI=1S/C18H14FN3O4/c1-25-17(24)14-5-3-2-4-13(14)16(23)20-18-22-21-15(26-18)10-11-6-8-12(19)9-7-11/h2-9H,10H2,1H3,(H,20,22,23). The summed E-state index contributed by atoms with van der Waals surface area (Å²) in [7, 11) is 1.23. The minimum absolute atomic E-state index is 0.105. The van der Waals surface area contributed by atoms with Crippen molar-refractivity contribution in [3.05, 3.63) is 76.9 Å². The number of carbonyl (C=O) groups excluding carboxylic acids is 2. The molecule has 0 unspecified atom stereocenters. The lowest BCUT2D eigenvalue weighted by Crippen LogP contribution is -2.17. The molecule has 0 spiro atoms. The summed E-state index contributed by atoms with van der Waals surface area (Å²) in [6, 6.07) is 12.0. The van der Waals surface area contributed by atoms with Crippen molar-refractivity contribution in [1.82, 2.24) is 10.2 Å². The second-order valence-corrected chi connectivity index (χ2v) is 5.30. The molecule has 0 radical (unpaired) electrons. The van der Waals surface area contributed by atoms with Crippen LogP contribution in [0.2, 0.25) is 0 Å². The Balaban J connectivity index is 1.72. The summed E-state index contributed by atoms with van der Waals surface area (Å²) >= 11 is 0. The van der Waals surface area contributed by atoms with E-state index in [9.17, 15) is 14.0 Å². The van der Waals surface area contributed by atoms with Gasteiger partial charge < -0.3 is 9.15 Å². The molecular formula is C18H14FN3O4. The fourth-order valence-electron chi connectivity index (χ4n) is 2.29. The second-order valence-electron chi connectivity index (χ2n) is 5.30. The lowest BCUT2D eigenvalue weighted by Gasteiger charge is -2.06. The first kappa shape index (κ1) is 17.3. The highest BCUT2D eigenvalue weighted by Crippen LogP contribution is 2.15. The van der Waals surface area contributed by atoms with Crippen LogP contribution in [-0.4, -0.2) is 29.2 Å². The molecule has 0 fully saturated rings. The first-order valence-electron chi connectivity index (χ1n) is 7.62. The maximum atomic E-state index is 12.9. The van der Waals surface area contributed by atoms with Gasteiger partial charge in [-0.3, -0.25) is 10.1 Å². The SMILES string of the molecule is COC(=O)c1ccccc1C(=O)Nc1nnc(Cc2ccc(F)cc2)o1. The smallest absolute Gasteiger partial charge is 0.338 e. The minimum Gasteiger partial charge on any atom is -0.465 e. The first-order chi connectivity index (χ1) is 12.6. The Hall–Kier alpha value is -3.55. The molecule has 3 aromatic rings. The molecule has 0 bridgehead atoms. The number of hydrogen-bond donors (Lipinski definition) is 1. The van der Waals surface area contributed by atoms with Gasteiger partial charge in [0.15, 0.2) is 0 Å². The quantitative estimate of drug-likeness (QED) is 0.707. The normalized spacial score (nSPS) is 10.4. The van der Waals surface area contributed by atoms with Crippen LogP contribution in [-0.2, 0) is 11.2 Å². The molecule has 0 saturated carbocycles. The average molecular weight is 355 g/mol. The number of ether oxygens (including phenoxy) is 1. The molecule has 132 valence electrons. The van der Waals surface area contributed by atoms with Gasteiger partial charge in [-0.25, -0.2) is 9.18 Å². The fraction of sp³-hybridized carbons (Fsp3) is 0.111. The number of benzene rings is 2. The van der Waals surface area contributed by atoms with Crippen LogP contribution < -0.4 is 5.32 Å². The third-order valence-corrected chi connectivity index (χ3v) is 3.53. The summed E-state index contributed by atoms with van der Waals surface area (Å²) in [5.41, 5.74) is 1.03. The lowest BCUT2D eigenvalue weighted by molar-refractivity contribution is 0.0597. The predicted octanol–water partition coefficient (Wildman–Crippen LogP) is 2.84. The lowest BCUT2D eigenvalue weighted by atomic mass is 10.1. The summed E-state index contributed by atoms with van der Waals surface area (Å²) in [5, 5.41) is 10.0. The number of hydrogen-bond acceptors (Lipinski definition) is 6. The molecule has 1 amide bonds. The van der Waals surface area contributed by atoms with Crippen LogP contribution >= 0.6 is 0 Å². The van der Waals surface area contributed by atoms with Crippen molar-refractivity contribution in [1.29, 1.82) is 0 Å². The first-order valence-corrected chi connectivity index (χ1v) is 7.62. The van der Waals surface area contributed by atoms with E-state index in [0.29, 0.717) is 6.42 Å². The van der Waals surface area contributed by atoms with E-state index >= 15 is 0 Å². The van der Waals surface area contributed by atoms with Gasteiger partial charge in [-0.2, -0.15) is 0 Å². The zero-order valence-corrected chi connectivity index (χ0v) is 13.7. The number of methoxy groups -OCH3 is 1. The number of anilines is 1. The van der Waals surface area contributed by atoms with Crippen molar-refractivity contribution in [2.75, 3.05) is 12.4 Å². The van der Waals surface area contributed by atoms with E-state index in [1.165, 1.54) is 31.4 Å². The molecule has 0 aliphatic heterocycles. The number of nitrogens with one attached hydrogen (secondary N) is 1. The van der Waals surface area contributed by atoms with Crippen LogP contribution in [0.5, 0.6) is 0 Å². The van der Waals surface area contributed by atoms with Gasteiger partial charge in [-0.1, -0.05) is 29.4 Å². The molecule has 1 heterocycles. The van der Waals surface area contributed by atoms with Crippen LogP contribution in [0.1, 0.15) is 32.2 Å². The van der Waals surface area contributed by atoms with E-state index in [0.717, 1.165) is 5.56 Å². The predicted molar refractivity (Wildman–Crippen MR) is 89.2 cm³/mol. The van der Waals surface area contributed by atoms with Crippen LogP contribution in [0.25, 0.3) is 0 Å². The van der Waals surface area contributed by atoms with Crippen LogP contribution in [0.15, 0.2) is 52.9 Å². The minimum atomic E-state index is -0.627. The maximum Gasteiger partial charge on any atom is 0.338 e. The summed E-state index contributed by atoms with van der Waals surface area (Å²) < 4.78 is 22.9. The van der Waals surface area contributed by atoms with Crippen LogP contribution in [0.4, 0.5) is 10.4 Å². The van der Waals surface area contributed by atoms with Crippen LogP contribution in [0, 0.1) is 5.82 Å². The molecule has 7 nitrogen and oxygen atoms in total. The van der Waals surface area contributed by atoms with E-state index in [4.69, 9.17) is 4.42 Å². The molecule has 1 N–H and O–H groups in total. The molecule has 1 aromatic heterocycles. The summed E-state index contributed by atoms with van der Waals surface area (Å²) in [4.78, 5) is 24.1. The Kier molecular flexibility index (Phi) is 5.02. The number of nitrogens with zero attached hydrogens (tertiary/aromatic N) is 2. The third kappa shape index (κ3) is 3.92. The Morgan fingerprint density at radius 2 is 1.77 bits per heavy atom. The topological polar surface area (TPSA) is 94.3 Å². The monoisotopic (exact) mass is 355 g/mol. The second kappa shape index (κ2) is 7.56. The summed E-state index contributed by atoms with van der Waals surface area (Å²) in [6.45, 7) is 0. The van der Waals surface area contributed by atoms with Gasteiger partial charge in [0, 0.05) is 0 Å². The zero-order valence-electron chi connectivity index (χ0n) is 13.7. The van der Waals surface area contributed by atoms with Crippen molar-refractivity contribution >= 4 is 17.9 Å². The Bertz CT molecular complexity index is 938. The van der Waals surface area contributed by atoms with Crippen LogP contribution in [0.3, 0.4) is 0 Å². The van der Waals surface area contributed by atoms with E-state index in [1.807, 2.05) is 0 Å². The van der Waals surface area contributed by atoms with Crippen molar-refractivity contribution in [2.24, 2.45) is 0 Å². The number of carbonyl (C=O) groups is 2. The molecule has 0 atom stereocenters. The Labute approximate surface area is 147 Å². The van der Waals surface area contributed by atoms with Gasteiger partial charge >= 0.3 is 12.0 Å². The highest BCUT2D eigenvalue weighted by molar-refractivity contribution is 6.10. The van der Waals surface area contributed by atoms with E-state index < -0.39 is 11.9 Å². The van der Waals surface area contributed by atoms with E-state index in [-0.39, 0.29) is 28.8 Å². The largest absolute Gasteiger partial charge is 0.465 e. The Morgan fingerprint density at radius 1 is 1.08 bits per heavy atom. The number of amides is 1. The van der Waals surface area contributed by atoms with Crippen molar-refractivity contribution in [2.45, 2.75) is 6.42 Å². The van der Waals surface area contributed by atoms with E-state index in [2.05, 4.69) is 20.3 Å². The summed E-state index contributed by atoms with van der Waals surface area (Å²) in [5.74, 6) is -1.29. The molecule has 26 heavy (non-hydrogen) atoms. The van der Waals surface area contributed by atoms with Gasteiger partial charge in [0.2, 0.25) is 5.89 Å². The average Bonchev–Trinajstić information content (AvgIpc) is 3.09. The molecule has 0 saturated heterocycles. The third-order valence-electron chi connectivity index (χ3n) is 3.53. The number of halogens is 1. The van der Waals surface area contributed by atoms with Gasteiger partial charge in [0.1, 0.15) is 5.82 Å². The molecule has 0 aliphatic carbocycles. The zero-order chi connectivity index (χ0) is 18.5. The number of esters is 1. The van der Waals surface area contributed by atoms with E-state index in [1.54, 1.807) is 24.3 Å².